The highest BCUT2D eigenvalue weighted by Crippen LogP contribution is 2.27. The summed E-state index contributed by atoms with van der Waals surface area (Å²) in [6.07, 6.45) is 1.50. The molecule has 42 heavy (non-hydrogen) atoms. The van der Waals surface area contributed by atoms with Crippen LogP contribution in [0.3, 0.4) is 0 Å². The van der Waals surface area contributed by atoms with E-state index in [4.69, 9.17) is 14.7 Å². The molecule has 0 bridgehead atoms. The van der Waals surface area contributed by atoms with Gasteiger partial charge in [-0.2, -0.15) is 14.6 Å². The standard InChI is InChI=1S/C28H29N9O5/c1-28(2,3)42-21(39)15-36-16-29-23-24(36)30-27(35-13-11-34(12-14-35)17-7-9-18(38)10-8-17)31-25(23)37-20-6-4-5-19(26(40)41)22(20)32-33-37/h4-10,16,38H,11-15H2,1-3H3,(H,40,41). The van der Waals surface area contributed by atoms with Gasteiger partial charge in [0.1, 0.15) is 23.4 Å². The molecular formula is C28H29N9O5. The van der Waals surface area contributed by atoms with Crippen molar-refractivity contribution in [2.75, 3.05) is 36.0 Å². The molecular weight excluding hydrogens is 542 g/mol. The topological polar surface area (TPSA) is 165 Å². The summed E-state index contributed by atoms with van der Waals surface area (Å²) in [5.74, 6) is -0.626. The number of esters is 1. The highest BCUT2D eigenvalue weighted by Gasteiger charge is 2.26. The summed E-state index contributed by atoms with van der Waals surface area (Å²) in [5, 5.41) is 27.7. The number of aromatic nitrogens is 7. The fourth-order valence-corrected chi connectivity index (χ4v) is 4.94. The van der Waals surface area contributed by atoms with Crippen LogP contribution in [0.5, 0.6) is 5.75 Å². The van der Waals surface area contributed by atoms with Crippen molar-refractivity contribution in [3.05, 3.63) is 54.4 Å². The number of carboxylic acid groups (broad SMARTS) is 1. The Labute approximate surface area is 239 Å². The van der Waals surface area contributed by atoms with Gasteiger partial charge < -0.3 is 29.3 Å². The maximum Gasteiger partial charge on any atom is 0.338 e. The zero-order valence-electron chi connectivity index (χ0n) is 23.3. The summed E-state index contributed by atoms with van der Waals surface area (Å²) < 4.78 is 8.57. The maximum absolute atomic E-state index is 12.7. The number of carbonyl (C=O) groups excluding carboxylic acids is 1. The average Bonchev–Trinajstić information content (AvgIpc) is 3.56. The van der Waals surface area contributed by atoms with Crippen LogP contribution in [0.4, 0.5) is 11.6 Å². The quantitative estimate of drug-likeness (QED) is 0.287. The first-order valence-corrected chi connectivity index (χ1v) is 13.4. The number of piperazine rings is 1. The number of fused-ring (bicyclic) bond motifs is 2. The van der Waals surface area contributed by atoms with Crippen molar-refractivity contribution < 1.29 is 24.5 Å². The number of nitrogens with zero attached hydrogens (tertiary/aromatic N) is 9. The Morgan fingerprint density at radius 1 is 0.952 bits per heavy atom. The number of benzene rings is 2. The zero-order valence-corrected chi connectivity index (χ0v) is 23.3. The summed E-state index contributed by atoms with van der Waals surface area (Å²) in [6.45, 7) is 7.87. The van der Waals surface area contributed by atoms with E-state index in [-0.39, 0.29) is 23.4 Å². The summed E-state index contributed by atoms with van der Waals surface area (Å²) in [7, 11) is 0. The third-order valence-corrected chi connectivity index (χ3v) is 6.84. The van der Waals surface area contributed by atoms with E-state index in [1.54, 1.807) is 49.6 Å². The van der Waals surface area contributed by atoms with Crippen molar-refractivity contribution in [2.24, 2.45) is 0 Å². The lowest BCUT2D eigenvalue weighted by molar-refractivity contribution is -0.155. The zero-order chi connectivity index (χ0) is 29.6. The van der Waals surface area contributed by atoms with Crippen LogP contribution in [-0.2, 0) is 16.1 Å². The Hall–Kier alpha value is -5.27. The van der Waals surface area contributed by atoms with Gasteiger partial charge in [-0.25, -0.2) is 9.78 Å². The van der Waals surface area contributed by atoms with E-state index >= 15 is 0 Å². The molecule has 6 rings (SSSR count). The Kier molecular flexibility index (Phi) is 6.59. The summed E-state index contributed by atoms with van der Waals surface area (Å²) in [5.41, 5.74) is 1.80. The molecule has 0 unspecified atom stereocenters. The second-order valence-corrected chi connectivity index (χ2v) is 10.9. The number of phenolic OH excluding ortho intramolecular Hbond substituents is 1. The van der Waals surface area contributed by atoms with Crippen molar-refractivity contribution >= 4 is 45.8 Å². The lowest BCUT2D eigenvalue weighted by Gasteiger charge is -2.36. The molecule has 1 saturated heterocycles. The molecule has 0 spiro atoms. The van der Waals surface area contributed by atoms with Gasteiger partial charge in [-0.05, 0) is 57.2 Å². The van der Waals surface area contributed by atoms with E-state index in [0.717, 1.165) is 5.69 Å². The summed E-state index contributed by atoms with van der Waals surface area (Å²) >= 11 is 0. The van der Waals surface area contributed by atoms with E-state index in [0.29, 0.717) is 54.6 Å². The van der Waals surface area contributed by atoms with Crippen molar-refractivity contribution in [2.45, 2.75) is 32.9 Å². The SMILES string of the molecule is CC(C)(C)OC(=O)Cn1cnc2c(-n3nnc4c(C(=O)O)cccc43)nc(N3CCN(c4ccc(O)cc4)CC3)nc21. The number of rotatable bonds is 6. The predicted octanol–water partition coefficient (Wildman–Crippen LogP) is 2.63. The third kappa shape index (κ3) is 5.13. The second kappa shape index (κ2) is 10.3. The Morgan fingerprint density at radius 2 is 1.67 bits per heavy atom. The molecule has 1 aliphatic rings. The number of carboxylic acids is 1. The van der Waals surface area contributed by atoms with Crippen LogP contribution in [0.25, 0.3) is 28.0 Å². The van der Waals surface area contributed by atoms with Crippen LogP contribution < -0.4 is 9.80 Å². The minimum atomic E-state index is -1.12. The first-order chi connectivity index (χ1) is 20.1. The van der Waals surface area contributed by atoms with Gasteiger partial charge in [-0.15, -0.1) is 5.10 Å². The van der Waals surface area contributed by atoms with Crippen molar-refractivity contribution in [1.82, 2.24) is 34.5 Å². The maximum atomic E-state index is 12.7. The Morgan fingerprint density at radius 3 is 2.36 bits per heavy atom. The molecule has 0 amide bonds. The van der Waals surface area contributed by atoms with Gasteiger partial charge in [0.15, 0.2) is 17.0 Å². The molecule has 216 valence electrons. The molecule has 0 atom stereocenters. The molecule has 0 radical (unpaired) electrons. The minimum absolute atomic E-state index is 0.0186. The van der Waals surface area contributed by atoms with E-state index in [1.165, 1.54) is 17.1 Å². The minimum Gasteiger partial charge on any atom is -0.508 e. The first-order valence-electron chi connectivity index (χ1n) is 13.4. The van der Waals surface area contributed by atoms with Gasteiger partial charge in [-0.1, -0.05) is 11.3 Å². The smallest absolute Gasteiger partial charge is 0.338 e. The molecule has 1 fully saturated rings. The number of aromatic carboxylic acids is 1. The number of carbonyl (C=O) groups is 2. The van der Waals surface area contributed by atoms with Crippen LogP contribution in [0.2, 0.25) is 0 Å². The lowest BCUT2D eigenvalue weighted by atomic mass is 10.2. The van der Waals surface area contributed by atoms with Crippen LogP contribution >= 0.6 is 0 Å². The second-order valence-electron chi connectivity index (χ2n) is 10.9. The van der Waals surface area contributed by atoms with Gasteiger partial charge in [-0.3, -0.25) is 4.79 Å². The molecule has 1 aliphatic heterocycles. The highest BCUT2D eigenvalue weighted by atomic mass is 16.6. The van der Waals surface area contributed by atoms with Crippen LogP contribution in [-0.4, -0.2) is 88.4 Å². The molecule has 0 saturated carbocycles. The van der Waals surface area contributed by atoms with Crippen LogP contribution in [0, 0.1) is 0 Å². The highest BCUT2D eigenvalue weighted by molar-refractivity contribution is 6.01. The molecule has 0 aliphatic carbocycles. The fraction of sp³-hybridized carbons (Fsp3) is 0.321. The van der Waals surface area contributed by atoms with Crippen molar-refractivity contribution in [1.29, 1.82) is 0 Å². The molecule has 2 N–H and O–H groups in total. The molecule has 3 aromatic heterocycles. The number of phenols is 1. The third-order valence-electron chi connectivity index (χ3n) is 6.84. The van der Waals surface area contributed by atoms with E-state index in [2.05, 4.69) is 20.2 Å². The fourth-order valence-electron chi connectivity index (χ4n) is 4.94. The molecule has 14 heteroatoms. The van der Waals surface area contributed by atoms with E-state index in [9.17, 15) is 19.8 Å². The Balaban J connectivity index is 1.41. The summed E-state index contributed by atoms with van der Waals surface area (Å²) in [4.78, 5) is 42.9. The normalized spacial score (nSPS) is 14.1. The van der Waals surface area contributed by atoms with E-state index < -0.39 is 17.5 Å². The van der Waals surface area contributed by atoms with Crippen molar-refractivity contribution in [3.8, 4) is 11.6 Å². The van der Waals surface area contributed by atoms with Gasteiger partial charge >= 0.3 is 11.9 Å². The number of imidazole rings is 1. The number of hydrogen-bond donors (Lipinski definition) is 2. The van der Waals surface area contributed by atoms with Gasteiger partial charge in [0.2, 0.25) is 5.95 Å². The number of aromatic hydroxyl groups is 1. The lowest BCUT2D eigenvalue weighted by Crippen LogP contribution is -2.47. The van der Waals surface area contributed by atoms with Gasteiger partial charge in [0.25, 0.3) is 0 Å². The van der Waals surface area contributed by atoms with Crippen LogP contribution in [0.15, 0.2) is 48.8 Å². The average molecular weight is 572 g/mol. The molecule has 5 aromatic rings. The van der Waals surface area contributed by atoms with E-state index in [1.807, 2.05) is 17.0 Å². The summed E-state index contributed by atoms with van der Waals surface area (Å²) in [6, 6.07) is 11.9. The van der Waals surface area contributed by atoms with Crippen LogP contribution in [0.1, 0.15) is 31.1 Å². The number of anilines is 2. The molecule has 2 aromatic carbocycles. The van der Waals surface area contributed by atoms with Crippen molar-refractivity contribution in [3.63, 3.8) is 0 Å². The predicted molar refractivity (Wildman–Crippen MR) is 153 cm³/mol. The number of hydrogen-bond acceptors (Lipinski definition) is 11. The molecule has 4 heterocycles. The molecule has 14 nitrogen and oxygen atoms in total. The largest absolute Gasteiger partial charge is 0.508 e. The van der Waals surface area contributed by atoms with Gasteiger partial charge in [0.05, 0.1) is 17.4 Å². The first kappa shape index (κ1) is 26.9. The number of ether oxygens (including phenoxy) is 1. The van der Waals surface area contributed by atoms with Gasteiger partial charge in [0, 0.05) is 31.9 Å². The monoisotopic (exact) mass is 571 g/mol. The Bertz CT molecular complexity index is 1800.